The Morgan fingerprint density at radius 1 is 1.44 bits per heavy atom. The largest absolute Gasteiger partial charge is 0.448 e. The summed E-state index contributed by atoms with van der Waals surface area (Å²) in [6, 6.07) is 2.07. The molecule has 0 aliphatic carbocycles. The lowest BCUT2D eigenvalue weighted by Gasteiger charge is -2.28. The van der Waals surface area contributed by atoms with Crippen molar-refractivity contribution in [3.63, 3.8) is 0 Å². The van der Waals surface area contributed by atoms with Crippen LogP contribution in [0.4, 0.5) is 4.79 Å². The Morgan fingerprint density at radius 3 is 3.11 bits per heavy atom. The Hall–Kier alpha value is -1.56. The van der Waals surface area contributed by atoms with E-state index in [0.29, 0.717) is 19.7 Å². The first-order valence-corrected chi connectivity index (χ1v) is 6.87. The molecule has 0 saturated carbocycles. The quantitative estimate of drug-likeness (QED) is 0.805. The van der Waals surface area contributed by atoms with Gasteiger partial charge in [0.2, 0.25) is 5.91 Å². The number of cyclic esters (lactones) is 1. The highest BCUT2D eigenvalue weighted by Gasteiger charge is 2.28. The molecule has 0 aromatic carbocycles. The molecule has 1 aromatic rings. The molecule has 0 radical (unpaired) electrons. The van der Waals surface area contributed by atoms with Crippen LogP contribution in [-0.2, 0) is 22.5 Å². The van der Waals surface area contributed by atoms with Crippen LogP contribution in [0.1, 0.15) is 10.4 Å². The normalized spacial score (nSPS) is 18.8. The molecule has 0 N–H and O–H groups in total. The van der Waals surface area contributed by atoms with Gasteiger partial charge in [0.25, 0.3) is 0 Å². The van der Waals surface area contributed by atoms with Crippen molar-refractivity contribution in [2.24, 2.45) is 0 Å². The minimum atomic E-state index is -0.378. The van der Waals surface area contributed by atoms with Crippen molar-refractivity contribution in [2.75, 3.05) is 26.2 Å². The van der Waals surface area contributed by atoms with E-state index in [1.165, 1.54) is 15.3 Å². The van der Waals surface area contributed by atoms with E-state index in [1.54, 1.807) is 11.3 Å². The van der Waals surface area contributed by atoms with Gasteiger partial charge in [0.1, 0.15) is 13.2 Å². The van der Waals surface area contributed by atoms with Crippen molar-refractivity contribution in [1.29, 1.82) is 0 Å². The monoisotopic (exact) mass is 266 g/mol. The molecule has 5 nitrogen and oxygen atoms in total. The first-order valence-electron chi connectivity index (χ1n) is 5.99. The van der Waals surface area contributed by atoms with E-state index in [0.717, 1.165) is 13.0 Å². The van der Waals surface area contributed by atoms with Gasteiger partial charge in [-0.2, -0.15) is 0 Å². The standard InChI is InChI=1S/C12H14N2O3S/c15-11(8-14-4-5-17-12(14)16)13-3-1-10-9(7-13)2-6-18-10/h2,6H,1,3-5,7-8H2. The number of hydrogen-bond acceptors (Lipinski definition) is 4. The van der Waals surface area contributed by atoms with Gasteiger partial charge in [0.05, 0.1) is 6.54 Å². The van der Waals surface area contributed by atoms with Crippen LogP contribution in [0.2, 0.25) is 0 Å². The third kappa shape index (κ3) is 2.08. The van der Waals surface area contributed by atoms with Gasteiger partial charge in [-0.15, -0.1) is 11.3 Å². The highest BCUT2D eigenvalue weighted by molar-refractivity contribution is 7.10. The van der Waals surface area contributed by atoms with Gasteiger partial charge in [0, 0.05) is 18.0 Å². The second kappa shape index (κ2) is 4.61. The van der Waals surface area contributed by atoms with Crippen molar-refractivity contribution in [3.8, 4) is 0 Å². The molecular weight excluding hydrogens is 252 g/mol. The molecule has 0 unspecified atom stereocenters. The third-order valence-corrected chi connectivity index (χ3v) is 4.35. The maximum absolute atomic E-state index is 12.1. The number of carbonyl (C=O) groups excluding carboxylic acids is 2. The molecule has 0 spiro atoms. The SMILES string of the molecule is O=C(CN1CCOC1=O)N1CCc2sccc2C1. The molecule has 1 fully saturated rings. The van der Waals surface area contributed by atoms with Crippen molar-refractivity contribution in [1.82, 2.24) is 9.80 Å². The van der Waals surface area contributed by atoms with Crippen LogP contribution in [0.3, 0.4) is 0 Å². The number of thiophene rings is 1. The molecule has 2 aliphatic rings. The van der Waals surface area contributed by atoms with Gasteiger partial charge >= 0.3 is 6.09 Å². The summed E-state index contributed by atoms with van der Waals surface area (Å²) < 4.78 is 4.82. The Balaban J connectivity index is 1.62. The number of rotatable bonds is 2. The molecule has 2 aliphatic heterocycles. The third-order valence-electron chi connectivity index (χ3n) is 3.33. The van der Waals surface area contributed by atoms with Crippen LogP contribution in [0, 0.1) is 0 Å². The average Bonchev–Trinajstić information content (AvgIpc) is 2.98. The average molecular weight is 266 g/mol. The van der Waals surface area contributed by atoms with Gasteiger partial charge in [-0.05, 0) is 23.4 Å². The lowest BCUT2D eigenvalue weighted by molar-refractivity contribution is -0.132. The number of ether oxygens (including phenoxy) is 1. The van der Waals surface area contributed by atoms with Crippen LogP contribution in [0.15, 0.2) is 11.4 Å². The second-order valence-corrected chi connectivity index (χ2v) is 5.47. The number of carbonyl (C=O) groups is 2. The molecule has 0 atom stereocenters. The van der Waals surface area contributed by atoms with Crippen LogP contribution >= 0.6 is 11.3 Å². The van der Waals surface area contributed by atoms with Crippen molar-refractivity contribution < 1.29 is 14.3 Å². The first kappa shape index (κ1) is 11.5. The molecule has 1 saturated heterocycles. The highest BCUT2D eigenvalue weighted by atomic mass is 32.1. The fourth-order valence-electron chi connectivity index (χ4n) is 2.29. The van der Waals surface area contributed by atoms with Gasteiger partial charge in [-0.1, -0.05) is 0 Å². The Morgan fingerprint density at radius 2 is 2.33 bits per heavy atom. The fraction of sp³-hybridized carbons (Fsp3) is 0.500. The Labute approximate surface area is 109 Å². The van der Waals surface area contributed by atoms with Crippen LogP contribution in [0.25, 0.3) is 0 Å². The minimum Gasteiger partial charge on any atom is -0.448 e. The lowest BCUT2D eigenvalue weighted by Crippen LogP contribution is -2.42. The van der Waals surface area contributed by atoms with Crippen molar-refractivity contribution in [2.45, 2.75) is 13.0 Å². The van der Waals surface area contributed by atoms with Crippen molar-refractivity contribution >= 4 is 23.3 Å². The van der Waals surface area contributed by atoms with E-state index in [2.05, 4.69) is 11.4 Å². The zero-order chi connectivity index (χ0) is 12.5. The Bertz CT molecular complexity index is 485. The topological polar surface area (TPSA) is 49.9 Å². The minimum absolute atomic E-state index is 0.00528. The number of fused-ring (bicyclic) bond motifs is 1. The summed E-state index contributed by atoms with van der Waals surface area (Å²) in [7, 11) is 0. The van der Waals surface area contributed by atoms with E-state index in [1.807, 2.05) is 4.90 Å². The summed E-state index contributed by atoms with van der Waals surface area (Å²) in [4.78, 5) is 28.1. The predicted octanol–water partition coefficient (Wildman–Crippen LogP) is 1.09. The van der Waals surface area contributed by atoms with E-state index in [4.69, 9.17) is 4.74 Å². The van der Waals surface area contributed by atoms with Crippen LogP contribution < -0.4 is 0 Å². The Kier molecular flexibility index (Phi) is 2.95. The maximum atomic E-state index is 12.1. The van der Waals surface area contributed by atoms with Crippen LogP contribution in [-0.4, -0.2) is 48.0 Å². The highest BCUT2D eigenvalue weighted by Crippen LogP contribution is 2.24. The molecule has 3 rings (SSSR count). The summed E-state index contributed by atoms with van der Waals surface area (Å²) in [6.45, 7) is 2.46. The van der Waals surface area contributed by atoms with Gasteiger partial charge in [-0.3, -0.25) is 9.69 Å². The molecule has 0 bridgehead atoms. The van der Waals surface area contributed by atoms with E-state index < -0.39 is 0 Å². The van der Waals surface area contributed by atoms with Crippen molar-refractivity contribution in [3.05, 3.63) is 21.9 Å². The summed E-state index contributed by atoms with van der Waals surface area (Å²) in [5, 5.41) is 2.07. The van der Waals surface area contributed by atoms with E-state index in [-0.39, 0.29) is 18.5 Å². The number of hydrogen-bond donors (Lipinski definition) is 0. The zero-order valence-corrected chi connectivity index (χ0v) is 10.7. The smallest absolute Gasteiger partial charge is 0.410 e. The number of nitrogens with zero attached hydrogens (tertiary/aromatic N) is 2. The van der Waals surface area contributed by atoms with E-state index in [9.17, 15) is 9.59 Å². The maximum Gasteiger partial charge on any atom is 0.410 e. The first-order chi connectivity index (χ1) is 8.74. The second-order valence-electron chi connectivity index (χ2n) is 4.47. The van der Waals surface area contributed by atoms with E-state index >= 15 is 0 Å². The predicted molar refractivity (Wildman–Crippen MR) is 66.4 cm³/mol. The molecule has 6 heteroatoms. The molecule has 96 valence electrons. The molecule has 3 heterocycles. The summed E-state index contributed by atoms with van der Waals surface area (Å²) in [5.41, 5.74) is 1.24. The summed E-state index contributed by atoms with van der Waals surface area (Å²) >= 11 is 1.75. The van der Waals surface area contributed by atoms with Gasteiger partial charge < -0.3 is 9.64 Å². The summed E-state index contributed by atoms with van der Waals surface area (Å²) in [6.07, 6.45) is 0.542. The molecule has 2 amide bonds. The fourth-order valence-corrected chi connectivity index (χ4v) is 3.18. The molecule has 1 aromatic heterocycles. The molecular formula is C12H14N2O3S. The summed E-state index contributed by atoms with van der Waals surface area (Å²) in [5.74, 6) is 0.00528. The van der Waals surface area contributed by atoms with Gasteiger partial charge in [0.15, 0.2) is 0 Å². The van der Waals surface area contributed by atoms with Gasteiger partial charge in [-0.25, -0.2) is 4.79 Å². The van der Waals surface area contributed by atoms with Crippen LogP contribution in [0.5, 0.6) is 0 Å². The zero-order valence-electron chi connectivity index (χ0n) is 9.92. The lowest BCUT2D eigenvalue weighted by atomic mass is 10.1. The number of amides is 2. The molecule has 18 heavy (non-hydrogen) atoms.